The van der Waals surface area contributed by atoms with Crippen molar-refractivity contribution < 1.29 is 9.59 Å². The molecule has 0 heterocycles. The molecule has 4 saturated carbocycles. The van der Waals surface area contributed by atoms with Gasteiger partial charge in [0.1, 0.15) is 0 Å². The maximum Gasteiger partial charge on any atom is 0.235 e. The van der Waals surface area contributed by atoms with Crippen LogP contribution in [0.5, 0.6) is 0 Å². The Bertz CT molecular complexity index is 430. The number of nitrogens with zero attached hydrogens (tertiary/aromatic N) is 2. The van der Waals surface area contributed by atoms with Gasteiger partial charge in [0.25, 0.3) is 0 Å². The van der Waals surface area contributed by atoms with Crippen LogP contribution in [0, 0.1) is 11.8 Å². The smallest absolute Gasteiger partial charge is 0.211 e. The molecule has 4 nitrogen and oxygen atoms in total. The van der Waals surface area contributed by atoms with E-state index in [1.165, 1.54) is 38.5 Å². The van der Waals surface area contributed by atoms with Gasteiger partial charge in [-0.25, -0.2) is 9.59 Å². The number of hydrogen-bond donors (Lipinski definition) is 0. The normalized spacial score (nSPS) is 41.0. The van der Waals surface area contributed by atoms with Crippen molar-refractivity contribution in [3.05, 3.63) is 0 Å². The summed E-state index contributed by atoms with van der Waals surface area (Å²) in [5, 5.41) is 0. The molecule has 0 saturated heterocycles. The standard InChI is InChI=1S/C14H18N2O2S2/c17-7-15-9-19-13-2-11-1-12(4-13)5-14(3-11,6-13)20-10-16-8-18/h11-12H,1-6,9-10H2. The number of aliphatic imine (C=N–C) groups is 2. The van der Waals surface area contributed by atoms with Gasteiger partial charge in [0, 0.05) is 9.49 Å². The van der Waals surface area contributed by atoms with Gasteiger partial charge in [-0.2, -0.15) is 9.98 Å². The zero-order chi connectivity index (χ0) is 14.1. The van der Waals surface area contributed by atoms with Gasteiger partial charge in [0.15, 0.2) is 0 Å². The molecule has 20 heavy (non-hydrogen) atoms. The van der Waals surface area contributed by atoms with E-state index >= 15 is 0 Å². The Hall–Kier alpha value is -0.540. The summed E-state index contributed by atoms with van der Waals surface area (Å²) in [5.74, 6) is 2.68. The lowest BCUT2D eigenvalue weighted by Gasteiger charge is -2.61. The molecular formula is C14H18N2O2S2. The first-order valence-electron chi connectivity index (χ1n) is 7.04. The van der Waals surface area contributed by atoms with Crippen LogP contribution >= 0.6 is 23.5 Å². The van der Waals surface area contributed by atoms with E-state index in [4.69, 9.17) is 0 Å². The van der Waals surface area contributed by atoms with Gasteiger partial charge < -0.3 is 0 Å². The minimum atomic E-state index is 0.294. The number of thioether (sulfide) groups is 2. The van der Waals surface area contributed by atoms with Crippen LogP contribution in [-0.4, -0.2) is 33.4 Å². The maximum absolute atomic E-state index is 10.3. The zero-order valence-electron chi connectivity index (χ0n) is 11.3. The van der Waals surface area contributed by atoms with Crippen LogP contribution < -0.4 is 0 Å². The quantitative estimate of drug-likeness (QED) is 0.558. The Kier molecular flexibility index (Phi) is 4.09. The highest BCUT2D eigenvalue weighted by molar-refractivity contribution is 8.01. The molecule has 0 radical (unpaired) electrons. The van der Waals surface area contributed by atoms with Crippen molar-refractivity contribution in [2.24, 2.45) is 21.8 Å². The van der Waals surface area contributed by atoms with E-state index in [9.17, 15) is 9.59 Å². The SMILES string of the molecule is O=C=NCSC12CC3CC(C1)CC(SCN=C=O)(C3)C2. The fourth-order valence-electron chi connectivity index (χ4n) is 4.82. The van der Waals surface area contributed by atoms with Crippen LogP contribution in [0.1, 0.15) is 38.5 Å². The average Bonchev–Trinajstić information content (AvgIpc) is 2.37. The number of isocyanates is 2. The van der Waals surface area contributed by atoms with Crippen molar-refractivity contribution >= 4 is 35.7 Å². The van der Waals surface area contributed by atoms with Gasteiger partial charge in [-0.1, -0.05) is 0 Å². The molecule has 0 atom stereocenters. The van der Waals surface area contributed by atoms with Crippen molar-refractivity contribution in [3.8, 4) is 0 Å². The van der Waals surface area contributed by atoms with Gasteiger partial charge in [-0.3, -0.25) is 0 Å². The van der Waals surface area contributed by atoms with E-state index in [2.05, 4.69) is 9.98 Å². The zero-order valence-corrected chi connectivity index (χ0v) is 13.0. The van der Waals surface area contributed by atoms with Crippen LogP contribution in [0.4, 0.5) is 0 Å². The number of hydrogen-bond acceptors (Lipinski definition) is 6. The van der Waals surface area contributed by atoms with Gasteiger partial charge in [-0.15, -0.1) is 23.5 Å². The first-order chi connectivity index (χ1) is 9.69. The van der Waals surface area contributed by atoms with E-state index < -0.39 is 0 Å². The molecule has 0 unspecified atom stereocenters. The Morgan fingerprint density at radius 1 is 0.900 bits per heavy atom. The van der Waals surface area contributed by atoms with Crippen LogP contribution in [0.2, 0.25) is 0 Å². The van der Waals surface area contributed by atoms with Crippen molar-refractivity contribution in [2.75, 3.05) is 11.8 Å². The number of rotatable bonds is 6. The fourth-order valence-corrected chi connectivity index (χ4v) is 7.87. The largest absolute Gasteiger partial charge is 0.235 e. The van der Waals surface area contributed by atoms with Crippen molar-refractivity contribution in [1.29, 1.82) is 0 Å². The lowest BCUT2D eigenvalue weighted by Crippen LogP contribution is -2.56. The molecule has 0 aromatic heterocycles. The first-order valence-corrected chi connectivity index (χ1v) is 9.02. The molecule has 0 amide bonds. The third-order valence-corrected chi connectivity index (χ3v) is 7.65. The van der Waals surface area contributed by atoms with E-state index in [-0.39, 0.29) is 0 Å². The Balaban J connectivity index is 1.74. The minimum absolute atomic E-state index is 0.294. The Labute approximate surface area is 127 Å². The molecule has 4 bridgehead atoms. The molecule has 0 N–H and O–H groups in total. The Morgan fingerprint density at radius 2 is 1.35 bits per heavy atom. The predicted octanol–water partition coefficient (Wildman–Crippen LogP) is 3.13. The van der Waals surface area contributed by atoms with Crippen LogP contribution in [0.15, 0.2) is 9.98 Å². The molecule has 0 aromatic rings. The predicted molar refractivity (Wildman–Crippen MR) is 81.3 cm³/mol. The van der Waals surface area contributed by atoms with E-state index in [1.807, 2.05) is 23.5 Å². The lowest BCUT2D eigenvalue weighted by atomic mass is 9.55. The van der Waals surface area contributed by atoms with Crippen molar-refractivity contribution in [2.45, 2.75) is 48.0 Å². The molecule has 0 spiro atoms. The summed E-state index contributed by atoms with van der Waals surface area (Å²) in [6.45, 7) is 0. The molecule has 4 rings (SSSR count). The van der Waals surface area contributed by atoms with Crippen LogP contribution in [0.25, 0.3) is 0 Å². The van der Waals surface area contributed by atoms with E-state index in [0.717, 1.165) is 11.8 Å². The second kappa shape index (κ2) is 5.69. The summed E-state index contributed by atoms with van der Waals surface area (Å²) < 4.78 is 0.588. The van der Waals surface area contributed by atoms with Gasteiger partial charge in [-0.05, 0) is 50.4 Å². The molecule has 4 fully saturated rings. The fraction of sp³-hybridized carbons (Fsp3) is 0.857. The second-order valence-corrected chi connectivity index (χ2v) is 9.20. The van der Waals surface area contributed by atoms with Gasteiger partial charge in [0.05, 0.1) is 11.8 Å². The first kappa shape index (κ1) is 14.4. The van der Waals surface area contributed by atoms with E-state index in [0.29, 0.717) is 21.2 Å². The molecule has 4 aliphatic carbocycles. The average molecular weight is 310 g/mol. The highest BCUT2D eigenvalue weighted by atomic mass is 32.2. The lowest BCUT2D eigenvalue weighted by molar-refractivity contribution is 0.0575. The molecule has 108 valence electrons. The van der Waals surface area contributed by atoms with Crippen molar-refractivity contribution in [3.63, 3.8) is 0 Å². The monoisotopic (exact) mass is 310 g/mol. The maximum atomic E-state index is 10.3. The van der Waals surface area contributed by atoms with Crippen LogP contribution in [-0.2, 0) is 9.59 Å². The highest BCUT2D eigenvalue weighted by Crippen LogP contribution is 2.65. The third kappa shape index (κ3) is 2.75. The summed E-state index contributed by atoms with van der Waals surface area (Å²) >= 11 is 3.69. The van der Waals surface area contributed by atoms with Crippen molar-refractivity contribution in [1.82, 2.24) is 0 Å². The molecule has 0 aromatic carbocycles. The summed E-state index contributed by atoms with van der Waals surface area (Å²) in [6, 6.07) is 0. The topological polar surface area (TPSA) is 58.9 Å². The highest BCUT2D eigenvalue weighted by Gasteiger charge is 2.58. The van der Waals surface area contributed by atoms with E-state index in [1.54, 1.807) is 12.2 Å². The van der Waals surface area contributed by atoms with Crippen LogP contribution in [0.3, 0.4) is 0 Å². The molecule has 4 aliphatic rings. The third-order valence-electron chi connectivity index (χ3n) is 4.95. The number of carbonyl (C=O) groups excluding carboxylic acids is 2. The Morgan fingerprint density at radius 3 is 1.75 bits per heavy atom. The van der Waals surface area contributed by atoms with Gasteiger partial charge >= 0.3 is 0 Å². The summed E-state index contributed by atoms with van der Waals surface area (Å²) in [4.78, 5) is 28.0. The molecule has 6 heteroatoms. The molecule has 0 aliphatic heterocycles. The summed E-state index contributed by atoms with van der Waals surface area (Å²) in [7, 11) is 0. The molecular weight excluding hydrogens is 292 g/mol. The minimum Gasteiger partial charge on any atom is -0.211 e. The second-order valence-electron chi connectivity index (χ2n) is 6.37. The summed E-state index contributed by atoms with van der Waals surface area (Å²) in [6.07, 6.45) is 10.9. The summed E-state index contributed by atoms with van der Waals surface area (Å²) in [5.41, 5.74) is 0. The van der Waals surface area contributed by atoms with Gasteiger partial charge in [0.2, 0.25) is 12.2 Å².